The van der Waals surface area contributed by atoms with Crippen molar-refractivity contribution in [3.63, 3.8) is 0 Å². The quantitative estimate of drug-likeness (QED) is 0.0135. The molecular weight excluding hydrogens is 1190 g/mol. The predicted octanol–water partition coefficient (Wildman–Crippen LogP) is 16.5. The number of ether oxygens (including phenoxy) is 1. The highest BCUT2D eigenvalue weighted by molar-refractivity contribution is 7.19. The molecule has 2 aliphatic rings. The van der Waals surface area contributed by atoms with E-state index in [9.17, 15) is 40.2 Å². The summed E-state index contributed by atoms with van der Waals surface area (Å²) in [4.78, 5) is 25.4. The van der Waals surface area contributed by atoms with Crippen molar-refractivity contribution in [2.45, 2.75) is 269 Å². The molecule has 2 aromatic carbocycles. The van der Waals surface area contributed by atoms with Crippen LogP contribution in [-0.2, 0) is 27.6 Å². The van der Waals surface area contributed by atoms with Crippen molar-refractivity contribution in [3.8, 4) is 0 Å². The molecule has 2 fully saturated rings. The van der Waals surface area contributed by atoms with Crippen LogP contribution in [-0.4, -0.2) is 123 Å². The highest BCUT2D eigenvalue weighted by Gasteiger charge is 2.52. The number of unbranched alkanes of at least 4 members (excludes halogenated alkanes) is 6. The fourth-order valence-electron chi connectivity index (χ4n) is 11.9. The van der Waals surface area contributed by atoms with Gasteiger partial charge >= 0.3 is 11.9 Å². The van der Waals surface area contributed by atoms with E-state index in [2.05, 4.69) is 138 Å². The first-order valence-electron chi connectivity index (χ1n) is 32.8. The van der Waals surface area contributed by atoms with E-state index in [1.807, 2.05) is 35.6 Å². The lowest BCUT2D eigenvalue weighted by Gasteiger charge is -2.41. The lowest BCUT2D eigenvalue weighted by Crippen LogP contribution is -2.45. The van der Waals surface area contributed by atoms with Crippen molar-refractivity contribution in [3.05, 3.63) is 70.4 Å². The van der Waals surface area contributed by atoms with Crippen LogP contribution >= 0.6 is 22.7 Å². The van der Waals surface area contributed by atoms with Crippen molar-refractivity contribution in [1.82, 2.24) is 0 Å². The van der Waals surface area contributed by atoms with Crippen LogP contribution in [0.25, 0.3) is 20.2 Å². The van der Waals surface area contributed by atoms with E-state index in [0.717, 1.165) is 80.9 Å². The molecule has 7 N–H and O–H groups in total. The van der Waals surface area contributed by atoms with Crippen LogP contribution in [0.3, 0.4) is 0 Å². The van der Waals surface area contributed by atoms with E-state index >= 15 is 0 Å². The maximum Gasteiger partial charge on any atom is 0.305 e. The second kappa shape index (κ2) is 32.9. The number of rotatable bonds is 33. The fraction of sp³-hybridized carbons (Fsp3) is 0.739. The van der Waals surface area contributed by atoms with Crippen molar-refractivity contribution in [2.75, 3.05) is 26.4 Å². The Morgan fingerprint density at radius 3 is 1.46 bits per heavy atom. The van der Waals surface area contributed by atoms with E-state index in [4.69, 9.17) is 23.1 Å². The molecule has 0 amide bonds. The summed E-state index contributed by atoms with van der Waals surface area (Å²) in [6.45, 7) is 33.8. The molecule has 0 saturated heterocycles. The molecule has 494 valence electrons. The van der Waals surface area contributed by atoms with Crippen molar-refractivity contribution in [2.24, 2.45) is 29.1 Å². The fourth-order valence-corrected chi connectivity index (χ4v) is 18.2. The van der Waals surface area contributed by atoms with E-state index in [1.54, 1.807) is 11.3 Å². The predicted molar refractivity (Wildman–Crippen MR) is 365 cm³/mol. The molecule has 13 nitrogen and oxygen atoms in total. The van der Waals surface area contributed by atoms with Crippen LogP contribution in [0.4, 0.5) is 0 Å². The van der Waals surface area contributed by atoms with Crippen molar-refractivity contribution in [1.29, 1.82) is 0 Å². The number of carboxylic acid groups (broad SMARTS) is 1. The monoisotopic (exact) mass is 1300 g/mol. The molecule has 0 unspecified atom stereocenters. The van der Waals surface area contributed by atoms with Gasteiger partial charge in [0.25, 0.3) is 0 Å². The second-order valence-electron chi connectivity index (χ2n) is 30.4. The van der Waals surface area contributed by atoms with Gasteiger partial charge in [0.2, 0.25) is 0 Å². The van der Waals surface area contributed by atoms with Gasteiger partial charge in [-0.25, -0.2) is 0 Å². The Kier molecular flexibility index (Phi) is 28.5. The van der Waals surface area contributed by atoms with Crippen LogP contribution < -0.4 is 0 Å². The Morgan fingerprint density at radius 2 is 0.977 bits per heavy atom. The van der Waals surface area contributed by atoms with Gasteiger partial charge in [0.1, 0.15) is 6.61 Å². The molecule has 2 aliphatic carbocycles. The summed E-state index contributed by atoms with van der Waals surface area (Å²) in [6.07, 6.45) is 12.8. The minimum Gasteiger partial charge on any atom is -0.481 e. The summed E-state index contributed by atoms with van der Waals surface area (Å²) in [6, 6.07) is 21.2. The smallest absolute Gasteiger partial charge is 0.305 e. The molecule has 2 heterocycles. The van der Waals surface area contributed by atoms with Gasteiger partial charge < -0.3 is 53.8 Å². The number of carbonyl (C=O) groups excluding carboxylic acids is 1. The third-order valence-corrected chi connectivity index (χ3v) is 36.6. The number of hydrogen-bond donors (Lipinski definition) is 7. The summed E-state index contributed by atoms with van der Waals surface area (Å²) in [7, 11) is -6.31. The van der Waals surface area contributed by atoms with E-state index in [0.29, 0.717) is 43.9 Å². The molecule has 18 heteroatoms. The number of benzene rings is 2. The van der Waals surface area contributed by atoms with Gasteiger partial charge in [0, 0.05) is 32.0 Å². The zero-order valence-corrected chi connectivity index (χ0v) is 60.6. The molecule has 87 heavy (non-hydrogen) atoms. The molecule has 0 aliphatic heterocycles. The molecule has 0 bridgehead atoms. The first kappa shape index (κ1) is 75.3. The maximum absolute atomic E-state index is 12.5. The van der Waals surface area contributed by atoms with E-state index in [-0.39, 0.29) is 70.7 Å². The lowest BCUT2D eigenvalue weighted by molar-refractivity contribution is -0.151. The number of carboxylic acids is 1. The van der Waals surface area contributed by atoms with Crippen LogP contribution in [0, 0.1) is 29.1 Å². The van der Waals surface area contributed by atoms with Gasteiger partial charge in [-0.2, -0.15) is 0 Å². The van der Waals surface area contributed by atoms with Gasteiger partial charge in [0.05, 0.1) is 61.9 Å². The van der Waals surface area contributed by atoms with Gasteiger partial charge in [-0.15, -0.1) is 22.7 Å². The Hall–Kier alpha value is -2.41. The van der Waals surface area contributed by atoms with Gasteiger partial charge in [-0.1, -0.05) is 137 Å². The Balaban J connectivity index is 0.000000395. The topological polar surface area (TPSA) is 213 Å². The maximum atomic E-state index is 12.5. The number of aliphatic hydroxyl groups is 6. The molecule has 2 saturated carbocycles. The average molecular weight is 1300 g/mol. The Morgan fingerprint density at radius 1 is 0.552 bits per heavy atom. The summed E-state index contributed by atoms with van der Waals surface area (Å²) >= 11 is 3.49. The highest BCUT2D eigenvalue weighted by atomic mass is 32.1. The molecule has 0 spiro atoms. The highest BCUT2D eigenvalue weighted by Crippen LogP contribution is 2.51. The standard InChI is InChI=1S/C46H84O8SSi3.C23H32O5S/c1-43(2,3)56(10,11)52-37(41-28-34-22-20-21-24-40(34)55-41)27-26-36-35(23-18-16-17-19-25-42(50)51-33-46(30-47,31-48)32-49)38(53-57(12,13)44(4,5)6)29-39(36)54-58(14,15)45(7,8)9;24-18(22-13-15-7-5-6-9-21(15)29-22)12-11-17-16(19(25)14-20(17)26)8-3-1-2-4-10-23(27)28/h20-22,24,28,35-39,47-49H,16-19,23,25-27,29-33H2,1-15H3;5-7,9,13,16-20,24-26H,1-4,8,10-12,14H2,(H,27,28)/t35-,36-,37-,38+,39-;16-,17-,18-,19+,20-/m11/s1. The largest absolute Gasteiger partial charge is 0.481 e. The molecular formula is C69H116O13S2Si3. The molecule has 10 atom stereocenters. The van der Waals surface area contributed by atoms with Crippen LogP contribution in [0.2, 0.25) is 54.4 Å². The zero-order chi connectivity index (χ0) is 64.8. The minimum atomic E-state index is -2.11. The Bertz CT molecular complexity index is 2630. The first-order chi connectivity index (χ1) is 40.6. The van der Waals surface area contributed by atoms with Gasteiger partial charge in [-0.05, 0) is 177 Å². The van der Waals surface area contributed by atoms with Crippen LogP contribution in [0.5, 0.6) is 0 Å². The first-order valence-corrected chi connectivity index (χ1v) is 43.2. The molecule has 0 radical (unpaired) electrons. The number of fused-ring (bicyclic) bond motifs is 2. The summed E-state index contributed by atoms with van der Waals surface area (Å²) in [5, 5.41) is 71.6. The Labute approximate surface area is 534 Å². The average Bonchev–Trinajstić information content (AvgIpc) is 2.57. The molecule has 4 aromatic rings. The summed E-state index contributed by atoms with van der Waals surface area (Å²) < 4.78 is 30.1. The van der Waals surface area contributed by atoms with Crippen LogP contribution in [0.15, 0.2) is 60.7 Å². The summed E-state index contributed by atoms with van der Waals surface area (Å²) in [5.74, 6) is -0.363. The number of aliphatic carboxylic acids is 1. The van der Waals surface area contributed by atoms with Crippen LogP contribution in [0.1, 0.15) is 200 Å². The molecule has 2 aromatic heterocycles. The number of aliphatic hydroxyl groups excluding tert-OH is 6. The zero-order valence-electron chi connectivity index (χ0n) is 56.0. The van der Waals surface area contributed by atoms with Gasteiger partial charge in [-0.3, -0.25) is 9.59 Å². The number of hydrogen-bond acceptors (Lipinski definition) is 14. The number of thiophene rings is 2. The third kappa shape index (κ3) is 21.6. The van der Waals surface area contributed by atoms with Crippen molar-refractivity contribution < 1.29 is 63.3 Å². The van der Waals surface area contributed by atoms with Gasteiger partial charge in [0.15, 0.2) is 25.0 Å². The lowest BCUT2D eigenvalue weighted by atomic mass is 9.84. The van der Waals surface area contributed by atoms with E-state index in [1.165, 1.54) is 19.7 Å². The minimum absolute atomic E-state index is 0.00745. The molecule has 6 rings (SSSR count). The summed E-state index contributed by atoms with van der Waals surface area (Å²) in [5.41, 5.74) is -1.21. The normalized spacial score (nSPS) is 22.4. The van der Waals surface area contributed by atoms with Crippen molar-refractivity contribution >= 4 is 79.7 Å². The number of carbonyl (C=O) groups is 2. The third-order valence-electron chi connectivity index (χ3n) is 20.7. The van der Waals surface area contributed by atoms with E-state index < -0.39 is 74.5 Å². The SMILES string of the molecule is CC(C)(C)[Si](C)(C)O[C@H]1C[C@@H](O[Si](C)(C)C(C)(C)C)[C@H](CC[C@@H](O[Si](C)(C)C(C)(C)C)c2cc3ccccc3s2)[C@H]1CCCCCCC(=O)OCC(CO)(CO)CO.O=C(O)CCCCCC[C@@H]1[C@@H](CC[C@@H](O)c2cc3ccccc3s2)[C@H](O)C[C@@H]1O. The number of esters is 1. The second-order valence-corrected chi connectivity index (χ2v) is 46.9.